The second kappa shape index (κ2) is 15.3. The van der Waals surface area contributed by atoms with Crippen LogP contribution in [-0.4, -0.2) is 53.1 Å². The van der Waals surface area contributed by atoms with Crippen LogP contribution in [0.3, 0.4) is 0 Å². The van der Waals surface area contributed by atoms with Gasteiger partial charge >= 0.3 is 6.01 Å². The number of rotatable bonds is 14. The fourth-order valence-corrected chi connectivity index (χ4v) is 6.03. The summed E-state index contributed by atoms with van der Waals surface area (Å²) in [7, 11) is 0. The highest BCUT2D eigenvalue weighted by atomic mass is 79.9. The highest BCUT2D eigenvalue weighted by Gasteiger charge is 2.32. The van der Waals surface area contributed by atoms with Crippen molar-refractivity contribution in [1.29, 1.82) is 0 Å². The molecule has 2 heterocycles. The molecule has 39 heavy (non-hydrogen) atoms. The minimum absolute atomic E-state index is 0.116. The van der Waals surface area contributed by atoms with Crippen molar-refractivity contribution in [2.24, 2.45) is 16.3 Å². The van der Waals surface area contributed by atoms with Crippen molar-refractivity contribution in [3.05, 3.63) is 21.8 Å². The molecule has 0 aromatic carbocycles. The fourth-order valence-electron chi connectivity index (χ4n) is 5.50. The molecule has 0 amide bonds. The largest absolute Gasteiger partial charge is 0.463 e. The number of nitrogens with zero attached hydrogens (tertiary/aromatic N) is 4. The van der Waals surface area contributed by atoms with E-state index in [-0.39, 0.29) is 18.1 Å². The Kier molecular flexibility index (Phi) is 12.5. The molecule has 1 aromatic heterocycles. The predicted molar refractivity (Wildman–Crippen MR) is 169 cm³/mol. The molecule has 6 nitrogen and oxygen atoms in total. The van der Waals surface area contributed by atoms with E-state index in [1.165, 1.54) is 32.1 Å². The first-order valence-corrected chi connectivity index (χ1v) is 16.1. The lowest BCUT2D eigenvalue weighted by molar-refractivity contribution is 0.125. The standard InChI is InChI=1S/C32H51BrN4O2/c1-7-11-13-17-32(6,16-12-8-2)22-39-31-35-27-20-26(33)29(34-23(5)9-3)25(10-4)28(27)30(36-31)37-18-14-24(21-38)15-19-37/h10,20,23-24,38H,7-9,11-19,21-22H2,1-6H3/b25-10-,34-29?. The third kappa shape index (κ3) is 8.39. The number of allylic oxidation sites excluding steroid dienone is 3. The summed E-state index contributed by atoms with van der Waals surface area (Å²) in [6.07, 6.45) is 15.5. The lowest BCUT2D eigenvalue weighted by Gasteiger charge is -2.35. The molecule has 2 unspecified atom stereocenters. The van der Waals surface area contributed by atoms with E-state index in [0.29, 0.717) is 18.5 Å². The summed E-state index contributed by atoms with van der Waals surface area (Å²) < 4.78 is 7.42. The van der Waals surface area contributed by atoms with Crippen molar-refractivity contribution in [2.45, 2.75) is 112 Å². The van der Waals surface area contributed by atoms with Crippen LogP contribution >= 0.6 is 15.9 Å². The number of fused-ring (bicyclic) bond motifs is 1. The Morgan fingerprint density at radius 3 is 2.46 bits per heavy atom. The SMILES string of the molecule is C/C=C1\C(=NC(C)CC)C(Br)=Cc2nc(OCC(C)(CCCC)CCCCC)nc(N3CCC(CO)CC3)c21. The van der Waals surface area contributed by atoms with Gasteiger partial charge in [-0.25, -0.2) is 0 Å². The molecule has 1 fully saturated rings. The average molecular weight is 604 g/mol. The normalized spacial score (nSPS) is 20.6. The number of hydrogen-bond donors (Lipinski definition) is 1. The number of ether oxygens (including phenoxy) is 1. The number of aliphatic imine (C=N–C) groups is 1. The number of halogens is 1. The highest BCUT2D eigenvalue weighted by Crippen LogP contribution is 2.40. The molecule has 2 aliphatic rings. The lowest BCUT2D eigenvalue weighted by Crippen LogP contribution is -2.36. The smallest absolute Gasteiger partial charge is 0.318 e. The van der Waals surface area contributed by atoms with Crippen molar-refractivity contribution < 1.29 is 9.84 Å². The number of piperidine rings is 1. The zero-order valence-corrected chi connectivity index (χ0v) is 26.8. The van der Waals surface area contributed by atoms with Gasteiger partial charge in [-0.15, -0.1) is 0 Å². The van der Waals surface area contributed by atoms with Crippen LogP contribution in [-0.2, 0) is 0 Å². The van der Waals surface area contributed by atoms with E-state index in [2.05, 4.69) is 74.5 Å². The van der Waals surface area contributed by atoms with Crippen LogP contribution in [0.4, 0.5) is 5.82 Å². The van der Waals surface area contributed by atoms with Crippen LogP contribution in [0.5, 0.6) is 6.01 Å². The minimum Gasteiger partial charge on any atom is -0.463 e. The Morgan fingerprint density at radius 1 is 1.15 bits per heavy atom. The molecule has 0 spiro atoms. The molecule has 1 N–H and O–H groups in total. The maximum Gasteiger partial charge on any atom is 0.318 e. The maximum atomic E-state index is 9.72. The molecule has 1 aliphatic heterocycles. The van der Waals surface area contributed by atoms with Crippen molar-refractivity contribution in [3.63, 3.8) is 0 Å². The van der Waals surface area contributed by atoms with E-state index in [0.717, 1.165) is 78.0 Å². The van der Waals surface area contributed by atoms with Gasteiger partial charge in [0.25, 0.3) is 0 Å². The van der Waals surface area contributed by atoms with E-state index in [9.17, 15) is 5.11 Å². The minimum atomic E-state index is 0.116. The molecule has 3 rings (SSSR count). The molecule has 0 bridgehead atoms. The molecule has 0 saturated carbocycles. The first-order chi connectivity index (χ1) is 18.8. The summed E-state index contributed by atoms with van der Waals surface area (Å²) in [6, 6.07) is 0.679. The van der Waals surface area contributed by atoms with Gasteiger partial charge < -0.3 is 14.7 Å². The topological polar surface area (TPSA) is 70.8 Å². The van der Waals surface area contributed by atoms with Crippen LogP contribution in [0, 0.1) is 11.3 Å². The zero-order valence-electron chi connectivity index (χ0n) is 25.2. The highest BCUT2D eigenvalue weighted by molar-refractivity contribution is 9.12. The summed E-state index contributed by atoms with van der Waals surface area (Å²) >= 11 is 3.81. The maximum absolute atomic E-state index is 9.72. The predicted octanol–water partition coefficient (Wildman–Crippen LogP) is 8.23. The van der Waals surface area contributed by atoms with Crippen LogP contribution in [0.2, 0.25) is 0 Å². The van der Waals surface area contributed by atoms with Crippen LogP contribution in [0.1, 0.15) is 117 Å². The summed E-state index contributed by atoms with van der Waals surface area (Å²) in [6.45, 7) is 15.9. The third-order valence-electron chi connectivity index (χ3n) is 8.38. The molecule has 0 radical (unpaired) electrons. The Labute approximate surface area is 245 Å². The molecular weight excluding hydrogens is 552 g/mol. The number of hydrogen-bond acceptors (Lipinski definition) is 6. The average Bonchev–Trinajstić information content (AvgIpc) is 2.95. The monoisotopic (exact) mass is 602 g/mol. The Bertz CT molecular complexity index is 1030. The van der Waals surface area contributed by atoms with E-state index < -0.39 is 0 Å². The van der Waals surface area contributed by atoms with Crippen molar-refractivity contribution >= 4 is 39.1 Å². The van der Waals surface area contributed by atoms with Gasteiger partial charge in [0.15, 0.2) is 0 Å². The van der Waals surface area contributed by atoms with Crippen molar-refractivity contribution in [1.82, 2.24) is 9.97 Å². The van der Waals surface area contributed by atoms with Gasteiger partial charge in [-0.3, -0.25) is 4.99 Å². The first kappa shape index (κ1) is 31.8. The Balaban J connectivity index is 2.01. The molecule has 1 aliphatic carbocycles. The summed E-state index contributed by atoms with van der Waals surface area (Å²) in [5.41, 5.74) is 4.06. The second-order valence-electron chi connectivity index (χ2n) is 11.8. The van der Waals surface area contributed by atoms with Crippen molar-refractivity contribution in [2.75, 3.05) is 31.2 Å². The molecule has 1 aromatic rings. The summed E-state index contributed by atoms with van der Waals surface area (Å²) in [4.78, 5) is 17.5. The van der Waals surface area contributed by atoms with Gasteiger partial charge in [0.05, 0.1) is 23.6 Å². The summed E-state index contributed by atoms with van der Waals surface area (Å²) in [5.74, 6) is 1.28. The van der Waals surface area contributed by atoms with Gasteiger partial charge in [-0.05, 0) is 73.9 Å². The lowest BCUT2D eigenvalue weighted by atomic mass is 9.81. The van der Waals surface area contributed by atoms with Gasteiger partial charge in [0.1, 0.15) is 5.82 Å². The summed E-state index contributed by atoms with van der Waals surface area (Å²) in [5, 5.41) is 9.72. The van der Waals surface area contributed by atoms with E-state index >= 15 is 0 Å². The van der Waals surface area contributed by atoms with Gasteiger partial charge in [-0.2, -0.15) is 9.97 Å². The van der Waals surface area contributed by atoms with Gasteiger partial charge in [-0.1, -0.05) is 65.9 Å². The van der Waals surface area contributed by atoms with Crippen LogP contribution < -0.4 is 9.64 Å². The molecule has 1 saturated heterocycles. The van der Waals surface area contributed by atoms with E-state index in [1.54, 1.807) is 0 Å². The molecule has 218 valence electrons. The number of unbranched alkanes of at least 4 members (excludes halogenated alkanes) is 3. The van der Waals surface area contributed by atoms with Gasteiger partial charge in [0, 0.05) is 41.2 Å². The molecule has 2 atom stereocenters. The fraction of sp³-hybridized carbons (Fsp3) is 0.719. The zero-order chi connectivity index (χ0) is 28.4. The van der Waals surface area contributed by atoms with Crippen LogP contribution in [0.15, 0.2) is 15.6 Å². The van der Waals surface area contributed by atoms with Gasteiger partial charge in [0.2, 0.25) is 0 Å². The third-order valence-corrected chi connectivity index (χ3v) is 8.98. The first-order valence-electron chi connectivity index (χ1n) is 15.3. The molecular formula is C32H51BrN4O2. The number of aromatic nitrogens is 2. The second-order valence-corrected chi connectivity index (χ2v) is 12.6. The number of aliphatic hydroxyl groups is 1. The van der Waals surface area contributed by atoms with Crippen molar-refractivity contribution in [3.8, 4) is 6.01 Å². The number of aliphatic hydroxyl groups excluding tert-OH is 1. The quantitative estimate of drug-likeness (QED) is 0.217. The van der Waals surface area contributed by atoms with E-state index in [1.807, 2.05) is 0 Å². The molecule has 7 heteroatoms. The Morgan fingerprint density at radius 2 is 1.85 bits per heavy atom. The van der Waals surface area contributed by atoms with E-state index in [4.69, 9.17) is 19.7 Å². The Hall–Kier alpha value is -1.73. The number of anilines is 1. The van der Waals surface area contributed by atoms with Crippen LogP contribution in [0.25, 0.3) is 11.6 Å².